The molecule has 1 heterocycles. The molecule has 5 nitrogen and oxygen atoms in total. The third-order valence-corrected chi connectivity index (χ3v) is 6.31. The smallest absolute Gasteiger partial charge is 0.321 e. The van der Waals surface area contributed by atoms with E-state index in [4.69, 9.17) is 9.47 Å². The molecule has 1 aliphatic heterocycles. The first-order valence-corrected chi connectivity index (χ1v) is 10.7. The summed E-state index contributed by atoms with van der Waals surface area (Å²) in [5, 5.41) is 12.3. The second kappa shape index (κ2) is 9.24. The Kier molecular flexibility index (Phi) is 6.26. The van der Waals surface area contributed by atoms with Gasteiger partial charge >= 0.3 is 5.97 Å². The van der Waals surface area contributed by atoms with E-state index in [-0.39, 0.29) is 5.37 Å². The van der Waals surface area contributed by atoms with Crippen LogP contribution in [0.3, 0.4) is 0 Å². The van der Waals surface area contributed by atoms with E-state index in [2.05, 4.69) is 17.4 Å². The second-order valence-electron chi connectivity index (χ2n) is 7.02. The zero-order valence-corrected chi connectivity index (χ0v) is 17.4. The molecule has 0 radical (unpaired) electrons. The summed E-state index contributed by atoms with van der Waals surface area (Å²) in [6, 6.07) is 23.6. The molecule has 6 heteroatoms. The van der Waals surface area contributed by atoms with Crippen molar-refractivity contribution in [3.63, 3.8) is 0 Å². The number of carboxylic acids is 1. The first-order chi connectivity index (χ1) is 14.6. The predicted octanol–water partition coefficient (Wildman–Crippen LogP) is 4.73. The highest BCUT2D eigenvalue weighted by Gasteiger charge is 2.30. The zero-order chi connectivity index (χ0) is 20.9. The average Bonchev–Trinajstić information content (AvgIpc) is 3.29. The third kappa shape index (κ3) is 4.61. The molecule has 1 aliphatic rings. The second-order valence-corrected chi connectivity index (χ2v) is 8.16. The molecular formula is C24H23NO4S. The molecule has 154 valence electrons. The van der Waals surface area contributed by atoms with Crippen molar-refractivity contribution in [3.8, 4) is 22.6 Å². The van der Waals surface area contributed by atoms with E-state index in [1.807, 2.05) is 60.7 Å². The van der Waals surface area contributed by atoms with Crippen LogP contribution in [0.1, 0.15) is 16.5 Å². The fourth-order valence-corrected chi connectivity index (χ4v) is 4.64. The first kappa shape index (κ1) is 20.3. The number of carboxylic acid groups (broad SMARTS) is 1. The largest absolute Gasteiger partial charge is 0.496 e. The molecular weight excluding hydrogens is 398 g/mol. The van der Waals surface area contributed by atoms with Gasteiger partial charge in [-0.15, -0.1) is 11.8 Å². The van der Waals surface area contributed by atoms with Crippen LogP contribution in [0.25, 0.3) is 11.1 Å². The van der Waals surface area contributed by atoms with Crippen molar-refractivity contribution in [2.75, 3.05) is 12.9 Å². The molecule has 3 aromatic carbocycles. The third-order valence-electron chi connectivity index (χ3n) is 5.04. The number of ether oxygens (including phenoxy) is 2. The van der Waals surface area contributed by atoms with Crippen molar-refractivity contribution >= 4 is 17.7 Å². The number of hydrogen-bond donors (Lipinski definition) is 2. The Morgan fingerprint density at radius 3 is 2.47 bits per heavy atom. The molecule has 0 spiro atoms. The maximum Gasteiger partial charge on any atom is 0.321 e. The molecule has 1 saturated heterocycles. The number of aliphatic carboxylic acids is 1. The van der Waals surface area contributed by atoms with Gasteiger partial charge in [-0.05, 0) is 41.0 Å². The van der Waals surface area contributed by atoms with E-state index >= 15 is 0 Å². The molecule has 2 unspecified atom stereocenters. The predicted molar refractivity (Wildman–Crippen MR) is 119 cm³/mol. The molecule has 4 rings (SSSR count). The number of hydrogen-bond acceptors (Lipinski definition) is 5. The van der Waals surface area contributed by atoms with Gasteiger partial charge in [-0.1, -0.05) is 48.5 Å². The van der Waals surface area contributed by atoms with Crippen LogP contribution in [-0.2, 0) is 11.4 Å². The summed E-state index contributed by atoms with van der Waals surface area (Å²) in [5.74, 6) is 1.26. The standard InChI is InChI=1S/C24H23NO4S/c1-28-22-12-9-18(23-25-21(15-30-23)24(26)27)13-19(22)14-29-20-10-7-17(8-11-20)16-5-3-2-4-6-16/h2-13,21,23,25H,14-15H2,1H3,(H,26,27). The molecule has 0 amide bonds. The van der Waals surface area contributed by atoms with Gasteiger partial charge < -0.3 is 14.6 Å². The maximum absolute atomic E-state index is 11.2. The Morgan fingerprint density at radius 1 is 1.07 bits per heavy atom. The van der Waals surface area contributed by atoms with Gasteiger partial charge in [0.05, 0.1) is 12.5 Å². The monoisotopic (exact) mass is 421 g/mol. The highest BCUT2D eigenvalue weighted by Crippen LogP contribution is 2.35. The Hall–Kier alpha value is -2.96. The minimum Gasteiger partial charge on any atom is -0.496 e. The van der Waals surface area contributed by atoms with Crippen molar-refractivity contribution in [2.24, 2.45) is 0 Å². The average molecular weight is 422 g/mol. The van der Waals surface area contributed by atoms with Crippen LogP contribution < -0.4 is 14.8 Å². The van der Waals surface area contributed by atoms with E-state index in [1.165, 1.54) is 5.56 Å². The summed E-state index contributed by atoms with van der Waals surface area (Å²) in [5.41, 5.74) is 4.24. The topological polar surface area (TPSA) is 67.8 Å². The Bertz CT molecular complexity index is 1010. The lowest BCUT2D eigenvalue weighted by Crippen LogP contribution is -2.33. The lowest BCUT2D eigenvalue weighted by molar-refractivity contribution is -0.138. The SMILES string of the molecule is COc1ccc(C2NC(C(=O)O)CS2)cc1COc1ccc(-c2ccccc2)cc1. The van der Waals surface area contributed by atoms with Crippen LogP contribution in [0.4, 0.5) is 0 Å². The molecule has 2 atom stereocenters. The summed E-state index contributed by atoms with van der Waals surface area (Å²) in [7, 11) is 1.64. The van der Waals surface area contributed by atoms with E-state index in [1.54, 1.807) is 18.9 Å². The maximum atomic E-state index is 11.2. The molecule has 1 fully saturated rings. The Balaban J connectivity index is 1.45. The number of benzene rings is 3. The van der Waals surface area contributed by atoms with Gasteiger partial charge in [0.2, 0.25) is 0 Å². The molecule has 0 bridgehead atoms. The van der Waals surface area contributed by atoms with E-state index in [0.717, 1.165) is 28.2 Å². The van der Waals surface area contributed by atoms with Crippen molar-refractivity contribution < 1.29 is 19.4 Å². The van der Waals surface area contributed by atoms with Crippen molar-refractivity contribution in [1.29, 1.82) is 0 Å². The van der Waals surface area contributed by atoms with Gasteiger partial charge in [-0.25, -0.2) is 0 Å². The van der Waals surface area contributed by atoms with Crippen LogP contribution in [0.15, 0.2) is 72.8 Å². The van der Waals surface area contributed by atoms with Crippen molar-refractivity contribution in [2.45, 2.75) is 18.0 Å². The summed E-state index contributed by atoms with van der Waals surface area (Å²) in [4.78, 5) is 11.2. The molecule has 30 heavy (non-hydrogen) atoms. The van der Waals surface area contributed by atoms with Crippen LogP contribution in [0, 0.1) is 0 Å². The van der Waals surface area contributed by atoms with Gasteiger partial charge in [0.25, 0.3) is 0 Å². The summed E-state index contributed by atoms with van der Waals surface area (Å²) in [6.07, 6.45) is 0. The van der Waals surface area contributed by atoms with E-state index in [9.17, 15) is 9.90 Å². The normalized spacial score (nSPS) is 18.2. The Morgan fingerprint density at radius 2 is 1.80 bits per heavy atom. The zero-order valence-electron chi connectivity index (χ0n) is 16.6. The molecule has 2 N–H and O–H groups in total. The number of rotatable bonds is 7. The molecule has 3 aromatic rings. The van der Waals surface area contributed by atoms with E-state index < -0.39 is 12.0 Å². The number of nitrogens with one attached hydrogen (secondary N) is 1. The fraction of sp³-hybridized carbons (Fsp3) is 0.208. The van der Waals surface area contributed by atoms with Gasteiger partial charge in [0, 0.05) is 11.3 Å². The quantitative estimate of drug-likeness (QED) is 0.575. The Labute approximate surface area is 180 Å². The first-order valence-electron chi connectivity index (χ1n) is 9.69. The molecule has 0 saturated carbocycles. The highest BCUT2D eigenvalue weighted by molar-refractivity contribution is 7.99. The van der Waals surface area contributed by atoms with Gasteiger partial charge in [0.15, 0.2) is 0 Å². The minimum atomic E-state index is -0.819. The molecule has 0 aromatic heterocycles. The van der Waals surface area contributed by atoms with E-state index in [0.29, 0.717) is 12.4 Å². The number of thioether (sulfide) groups is 1. The van der Waals surface area contributed by atoms with Gasteiger partial charge in [-0.3, -0.25) is 10.1 Å². The van der Waals surface area contributed by atoms with Crippen LogP contribution in [0.2, 0.25) is 0 Å². The van der Waals surface area contributed by atoms with Crippen molar-refractivity contribution in [1.82, 2.24) is 5.32 Å². The van der Waals surface area contributed by atoms with Gasteiger partial charge in [-0.2, -0.15) is 0 Å². The van der Waals surface area contributed by atoms with Crippen molar-refractivity contribution in [3.05, 3.63) is 83.9 Å². The summed E-state index contributed by atoms with van der Waals surface area (Å²) >= 11 is 1.59. The molecule has 0 aliphatic carbocycles. The summed E-state index contributed by atoms with van der Waals surface area (Å²) in [6.45, 7) is 0.363. The van der Waals surface area contributed by atoms with Gasteiger partial charge in [0.1, 0.15) is 24.1 Å². The minimum absolute atomic E-state index is 0.0547. The fourth-order valence-electron chi connectivity index (χ4n) is 3.42. The van der Waals surface area contributed by atoms with Crippen LogP contribution in [-0.4, -0.2) is 30.0 Å². The van der Waals surface area contributed by atoms with Crippen LogP contribution in [0.5, 0.6) is 11.5 Å². The lowest BCUT2D eigenvalue weighted by Gasteiger charge is -2.16. The lowest BCUT2D eigenvalue weighted by atomic mass is 10.1. The highest BCUT2D eigenvalue weighted by atomic mass is 32.2. The summed E-state index contributed by atoms with van der Waals surface area (Å²) < 4.78 is 11.5. The van der Waals surface area contributed by atoms with Crippen LogP contribution >= 0.6 is 11.8 Å². The number of carbonyl (C=O) groups is 1. The number of methoxy groups -OCH3 is 1.